The van der Waals surface area contributed by atoms with E-state index in [1.165, 1.54) is 0 Å². The number of piperazine rings is 1. The highest BCUT2D eigenvalue weighted by atomic mass is 79.9. The molecular weight excluding hydrogens is 296 g/mol. The van der Waals surface area contributed by atoms with E-state index in [-0.39, 0.29) is 11.8 Å². The van der Waals surface area contributed by atoms with Crippen LogP contribution in [0.5, 0.6) is 0 Å². The van der Waals surface area contributed by atoms with Gasteiger partial charge in [0.25, 0.3) is 5.91 Å². The van der Waals surface area contributed by atoms with Crippen molar-refractivity contribution in [3.05, 3.63) is 34.3 Å². The Morgan fingerprint density at radius 1 is 1.39 bits per heavy atom. The van der Waals surface area contributed by atoms with Crippen molar-refractivity contribution in [2.24, 2.45) is 0 Å². The Kier molecular flexibility index (Phi) is 3.71. The summed E-state index contributed by atoms with van der Waals surface area (Å²) in [7, 11) is 1.76. The van der Waals surface area contributed by atoms with Crippen LogP contribution < -0.4 is 0 Å². The first-order chi connectivity index (χ1) is 8.50. The Bertz CT molecular complexity index is 490. The van der Waals surface area contributed by atoms with Crippen molar-refractivity contribution in [3.63, 3.8) is 0 Å². The molecule has 96 valence electrons. The third kappa shape index (κ3) is 2.41. The lowest BCUT2D eigenvalue weighted by Crippen LogP contribution is -2.56. The van der Waals surface area contributed by atoms with Gasteiger partial charge in [0.2, 0.25) is 5.91 Å². The third-order valence-electron chi connectivity index (χ3n) is 3.21. The first kappa shape index (κ1) is 13.1. The Hall–Kier alpha value is -1.36. The van der Waals surface area contributed by atoms with E-state index in [0.717, 1.165) is 4.47 Å². The van der Waals surface area contributed by atoms with E-state index < -0.39 is 6.04 Å². The largest absolute Gasteiger partial charge is 0.342 e. The van der Waals surface area contributed by atoms with E-state index in [9.17, 15) is 9.59 Å². The Morgan fingerprint density at radius 2 is 2.11 bits per heavy atom. The van der Waals surface area contributed by atoms with Crippen molar-refractivity contribution in [2.45, 2.75) is 13.0 Å². The standard InChI is InChI=1S/C13H15BrN2O2/c1-9-12(17)15(2)6-7-16(9)13(18)10-4-3-5-11(14)8-10/h3-5,8-9H,6-7H2,1-2H3. The molecular formula is C13H15BrN2O2. The molecule has 1 aliphatic heterocycles. The molecule has 0 N–H and O–H groups in total. The fraction of sp³-hybridized carbons (Fsp3) is 0.385. The van der Waals surface area contributed by atoms with Crippen LogP contribution in [0.4, 0.5) is 0 Å². The molecule has 4 nitrogen and oxygen atoms in total. The molecule has 1 heterocycles. The second-order valence-electron chi connectivity index (χ2n) is 4.44. The van der Waals surface area contributed by atoms with Gasteiger partial charge in [-0.15, -0.1) is 0 Å². The highest BCUT2D eigenvalue weighted by Crippen LogP contribution is 2.17. The zero-order chi connectivity index (χ0) is 13.3. The van der Waals surface area contributed by atoms with E-state index in [2.05, 4.69) is 15.9 Å². The number of carbonyl (C=O) groups is 2. The molecule has 18 heavy (non-hydrogen) atoms. The molecule has 1 unspecified atom stereocenters. The Balaban J connectivity index is 2.22. The summed E-state index contributed by atoms with van der Waals surface area (Å²) in [6, 6.07) is 6.84. The number of amides is 2. The molecule has 1 aromatic carbocycles. The van der Waals surface area contributed by atoms with Gasteiger partial charge in [0, 0.05) is 30.2 Å². The molecule has 0 aliphatic carbocycles. The van der Waals surface area contributed by atoms with Gasteiger partial charge in [-0.05, 0) is 25.1 Å². The van der Waals surface area contributed by atoms with Crippen LogP contribution in [0, 0.1) is 0 Å². The first-order valence-electron chi connectivity index (χ1n) is 5.82. The molecule has 1 saturated heterocycles. The Morgan fingerprint density at radius 3 is 2.78 bits per heavy atom. The van der Waals surface area contributed by atoms with Crippen LogP contribution in [0.15, 0.2) is 28.7 Å². The molecule has 1 aromatic rings. The summed E-state index contributed by atoms with van der Waals surface area (Å²) >= 11 is 3.35. The van der Waals surface area contributed by atoms with Crippen LogP contribution in [0.3, 0.4) is 0 Å². The molecule has 2 rings (SSSR count). The van der Waals surface area contributed by atoms with E-state index >= 15 is 0 Å². The lowest BCUT2D eigenvalue weighted by Gasteiger charge is -2.37. The number of nitrogens with zero attached hydrogens (tertiary/aromatic N) is 2. The van der Waals surface area contributed by atoms with Crippen molar-refractivity contribution >= 4 is 27.7 Å². The van der Waals surface area contributed by atoms with Gasteiger partial charge in [-0.1, -0.05) is 22.0 Å². The lowest BCUT2D eigenvalue weighted by atomic mass is 10.1. The molecule has 0 spiro atoms. The summed E-state index contributed by atoms with van der Waals surface area (Å²) in [5, 5.41) is 0. The minimum Gasteiger partial charge on any atom is -0.342 e. The van der Waals surface area contributed by atoms with Crippen LogP contribution in [-0.4, -0.2) is 47.8 Å². The van der Waals surface area contributed by atoms with Crippen molar-refractivity contribution in [3.8, 4) is 0 Å². The molecule has 2 amide bonds. The summed E-state index contributed by atoms with van der Waals surface area (Å²) in [6.45, 7) is 2.94. The van der Waals surface area contributed by atoms with Crippen molar-refractivity contribution in [2.75, 3.05) is 20.1 Å². The summed E-state index contributed by atoms with van der Waals surface area (Å²) in [4.78, 5) is 27.5. The number of likely N-dealkylation sites (N-methyl/N-ethyl adjacent to an activating group) is 1. The Labute approximate surface area is 115 Å². The average molecular weight is 311 g/mol. The minimum absolute atomic E-state index is 0.00963. The fourth-order valence-electron chi connectivity index (χ4n) is 2.08. The number of hydrogen-bond donors (Lipinski definition) is 0. The fourth-order valence-corrected chi connectivity index (χ4v) is 2.48. The molecule has 0 saturated carbocycles. The minimum atomic E-state index is -0.393. The summed E-state index contributed by atoms with van der Waals surface area (Å²) in [5.41, 5.74) is 0.605. The van der Waals surface area contributed by atoms with Gasteiger partial charge in [-0.25, -0.2) is 0 Å². The van der Waals surface area contributed by atoms with Gasteiger partial charge in [0.05, 0.1) is 0 Å². The maximum Gasteiger partial charge on any atom is 0.254 e. The highest BCUT2D eigenvalue weighted by molar-refractivity contribution is 9.10. The van der Waals surface area contributed by atoms with E-state index in [0.29, 0.717) is 18.7 Å². The van der Waals surface area contributed by atoms with Crippen molar-refractivity contribution in [1.82, 2.24) is 9.80 Å². The van der Waals surface area contributed by atoms with Crippen molar-refractivity contribution < 1.29 is 9.59 Å². The molecule has 1 aliphatic rings. The van der Waals surface area contributed by atoms with E-state index in [4.69, 9.17) is 0 Å². The van der Waals surface area contributed by atoms with Gasteiger partial charge < -0.3 is 9.80 Å². The maximum absolute atomic E-state index is 12.3. The van der Waals surface area contributed by atoms with Gasteiger partial charge in [-0.2, -0.15) is 0 Å². The lowest BCUT2D eigenvalue weighted by molar-refractivity contribution is -0.137. The first-order valence-corrected chi connectivity index (χ1v) is 6.61. The van der Waals surface area contributed by atoms with Crippen LogP contribution in [0.25, 0.3) is 0 Å². The zero-order valence-corrected chi connectivity index (χ0v) is 12.0. The van der Waals surface area contributed by atoms with Gasteiger partial charge >= 0.3 is 0 Å². The second-order valence-corrected chi connectivity index (χ2v) is 5.36. The maximum atomic E-state index is 12.3. The van der Waals surface area contributed by atoms with Crippen LogP contribution in [-0.2, 0) is 4.79 Å². The molecule has 0 aromatic heterocycles. The van der Waals surface area contributed by atoms with Crippen LogP contribution >= 0.6 is 15.9 Å². The topological polar surface area (TPSA) is 40.6 Å². The molecule has 0 bridgehead atoms. The number of rotatable bonds is 1. The average Bonchev–Trinajstić information content (AvgIpc) is 2.35. The third-order valence-corrected chi connectivity index (χ3v) is 3.70. The summed E-state index contributed by atoms with van der Waals surface area (Å²) < 4.78 is 0.862. The number of halogens is 1. The number of hydrogen-bond acceptors (Lipinski definition) is 2. The molecule has 1 fully saturated rings. The normalized spacial score (nSPS) is 20.2. The summed E-state index contributed by atoms with van der Waals surface area (Å²) in [5.74, 6) is -0.102. The van der Waals surface area contributed by atoms with Gasteiger partial charge in [-0.3, -0.25) is 9.59 Å². The second kappa shape index (κ2) is 5.10. The van der Waals surface area contributed by atoms with Crippen molar-refractivity contribution in [1.29, 1.82) is 0 Å². The quantitative estimate of drug-likeness (QED) is 0.793. The highest BCUT2D eigenvalue weighted by Gasteiger charge is 2.32. The van der Waals surface area contributed by atoms with Gasteiger partial charge in [0.15, 0.2) is 0 Å². The molecule has 5 heteroatoms. The van der Waals surface area contributed by atoms with Gasteiger partial charge in [0.1, 0.15) is 6.04 Å². The van der Waals surface area contributed by atoms with Crippen LogP contribution in [0.2, 0.25) is 0 Å². The molecule has 0 radical (unpaired) electrons. The predicted octanol–water partition coefficient (Wildman–Crippen LogP) is 1.75. The smallest absolute Gasteiger partial charge is 0.254 e. The predicted molar refractivity (Wildman–Crippen MR) is 72.3 cm³/mol. The number of benzene rings is 1. The zero-order valence-electron chi connectivity index (χ0n) is 10.4. The van der Waals surface area contributed by atoms with E-state index in [1.54, 1.807) is 35.9 Å². The summed E-state index contributed by atoms with van der Waals surface area (Å²) in [6.07, 6.45) is 0. The van der Waals surface area contributed by atoms with E-state index in [1.807, 2.05) is 12.1 Å². The SMILES string of the molecule is CC1C(=O)N(C)CCN1C(=O)c1cccc(Br)c1. The number of carbonyl (C=O) groups excluding carboxylic acids is 2. The monoisotopic (exact) mass is 310 g/mol. The van der Waals surface area contributed by atoms with Crippen LogP contribution in [0.1, 0.15) is 17.3 Å². The molecule has 1 atom stereocenters.